The molecule has 0 heterocycles. The molecule has 2 N–H and O–H groups in total. The smallest absolute Gasteiger partial charge is 0.0125 e. The standard InChI is InChI=1S/C5H11N.C4H10/c1-5(6)3-2-4-5;1-4(2)3/h2-4,6H2,1H3;4H,1-3H3. The highest BCUT2D eigenvalue weighted by molar-refractivity contribution is 4.86. The van der Waals surface area contributed by atoms with E-state index in [0.717, 1.165) is 5.92 Å². The van der Waals surface area contributed by atoms with E-state index in [-0.39, 0.29) is 5.54 Å². The van der Waals surface area contributed by atoms with Crippen LogP contribution in [0, 0.1) is 5.92 Å². The Morgan fingerprint density at radius 2 is 1.40 bits per heavy atom. The summed E-state index contributed by atoms with van der Waals surface area (Å²) >= 11 is 0. The fourth-order valence-electron chi connectivity index (χ4n) is 0.734. The average molecular weight is 143 g/mol. The topological polar surface area (TPSA) is 26.0 Å². The molecule has 1 heteroatoms. The Labute approximate surface area is 65.0 Å². The lowest BCUT2D eigenvalue weighted by molar-refractivity contribution is 0.277. The summed E-state index contributed by atoms with van der Waals surface area (Å²) in [7, 11) is 0. The van der Waals surface area contributed by atoms with Crippen LogP contribution in [0.2, 0.25) is 0 Å². The maximum atomic E-state index is 5.62. The summed E-state index contributed by atoms with van der Waals surface area (Å²) in [6.07, 6.45) is 3.80. The number of nitrogens with two attached hydrogens (primary N) is 1. The molecule has 0 amide bonds. The minimum Gasteiger partial charge on any atom is -0.325 e. The second-order valence-corrected chi connectivity index (χ2v) is 4.24. The molecule has 0 spiro atoms. The third-order valence-electron chi connectivity index (χ3n) is 1.50. The summed E-state index contributed by atoms with van der Waals surface area (Å²) in [5, 5.41) is 0. The number of rotatable bonds is 0. The Balaban J connectivity index is 0.000000180. The maximum absolute atomic E-state index is 5.62. The number of hydrogen-bond donors (Lipinski definition) is 1. The third-order valence-corrected chi connectivity index (χ3v) is 1.50. The van der Waals surface area contributed by atoms with Gasteiger partial charge in [0, 0.05) is 5.54 Å². The van der Waals surface area contributed by atoms with Gasteiger partial charge >= 0.3 is 0 Å². The van der Waals surface area contributed by atoms with Crippen LogP contribution in [0.4, 0.5) is 0 Å². The molecule has 0 radical (unpaired) electrons. The average Bonchev–Trinajstić information content (AvgIpc) is 1.60. The van der Waals surface area contributed by atoms with E-state index < -0.39 is 0 Å². The Kier molecular flexibility index (Phi) is 3.95. The van der Waals surface area contributed by atoms with Crippen LogP contribution >= 0.6 is 0 Å². The van der Waals surface area contributed by atoms with Gasteiger partial charge in [-0.05, 0) is 32.1 Å². The Bertz CT molecular complexity index is 76.0. The highest BCUT2D eigenvalue weighted by Crippen LogP contribution is 2.27. The quantitative estimate of drug-likeness (QED) is 0.554. The van der Waals surface area contributed by atoms with Crippen LogP contribution in [0.5, 0.6) is 0 Å². The van der Waals surface area contributed by atoms with E-state index >= 15 is 0 Å². The zero-order chi connectivity index (χ0) is 8.20. The minimum absolute atomic E-state index is 0.222. The van der Waals surface area contributed by atoms with Crippen molar-refractivity contribution in [3.63, 3.8) is 0 Å². The highest BCUT2D eigenvalue weighted by atomic mass is 14.7. The number of hydrogen-bond acceptors (Lipinski definition) is 1. The fraction of sp³-hybridized carbons (Fsp3) is 1.00. The first-order chi connectivity index (χ1) is 4.44. The summed E-state index contributed by atoms with van der Waals surface area (Å²) in [4.78, 5) is 0. The molecule has 0 aliphatic heterocycles. The highest BCUT2D eigenvalue weighted by Gasteiger charge is 2.25. The summed E-state index contributed by atoms with van der Waals surface area (Å²) < 4.78 is 0. The Morgan fingerprint density at radius 1 is 1.20 bits per heavy atom. The predicted octanol–water partition coefficient (Wildman–Crippen LogP) is 2.55. The van der Waals surface area contributed by atoms with E-state index in [1.807, 2.05) is 0 Å². The molecule has 0 aromatic carbocycles. The second-order valence-electron chi connectivity index (χ2n) is 4.24. The van der Waals surface area contributed by atoms with Crippen LogP contribution in [-0.2, 0) is 0 Å². The van der Waals surface area contributed by atoms with Crippen LogP contribution in [0.25, 0.3) is 0 Å². The first-order valence-corrected chi connectivity index (χ1v) is 4.23. The van der Waals surface area contributed by atoms with Gasteiger partial charge in [0.15, 0.2) is 0 Å². The van der Waals surface area contributed by atoms with E-state index in [1.165, 1.54) is 19.3 Å². The molecule has 1 fully saturated rings. The minimum atomic E-state index is 0.222. The largest absolute Gasteiger partial charge is 0.325 e. The molecule has 62 valence electrons. The Morgan fingerprint density at radius 3 is 1.40 bits per heavy atom. The molecule has 0 aromatic rings. The van der Waals surface area contributed by atoms with Gasteiger partial charge in [0.2, 0.25) is 0 Å². The van der Waals surface area contributed by atoms with Crippen molar-refractivity contribution in [1.29, 1.82) is 0 Å². The van der Waals surface area contributed by atoms with Gasteiger partial charge in [-0.3, -0.25) is 0 Å². The normalized spacial score (nSPS) is 21.0. The molecule has 0 saturated heterocycles. The van der Waals surface area contributed by atoms with Gasteiger partial charge in [0.05, 0.1) is 0 Å². The lowest BCUT2D eigenvalue weighted by Crippen LogP contribution is -2.42. The van der Waals surface area contributed by atoms with Gasteiger partial charge < -0.3 is 5.73 Å². The molecule has 0 atom stereocenters. The van der Waals surface area contributed by atoms with Crippen LogP contribution < -0.4 is 5.73 Å². The van der Waals surface area contributed by atoms with Gasteiger partial charge in [-0.2, -0.15) is 0 Å². The summed E-state index contributed by atoms with van der Waals surface area (Å²) in [5.41, 5.74) is 5.84. The summed E-state index contributed by atoms with van der Waals surface area (Å²) in [6.45, 7) is 8.61. The van der Waals surface area contributed by atoms with Gasteiger partial charge in [0.25, 0.3) is 0 Å². The van der Waals surface area contributed by atoms with Crippen molar-refractivity contribution >= 4 is 0 Å². The van der Waals surface area contributed by atoms with Gasteiger partial charge in [0.1, 0.15) is 0 Å². The molecule has 1 aliphatic rings. The zero-order valence-electron chi connectivity index (χ0n) is 7.78. The molecule has 1 saturated carbocycles. The molecule has 0 aromatic heterocycles. The van der Waals surface area contributed by atoms with Crippen molar-refractivity contribution in [2.75, 3.05) is 0 Å². The van der Waals surface area contributed by atoms with E-state index in [1.54, 1.807) is 0 Å². The Hall–Kier alpha value is -0.0400. The first kappa shape index (κ1) is 9.96. The molecule has 1 aliphatic carbocycles. The van der Waals surface area contributed by atoms with Gasteiger partial charge in [-0.25, -0.2) is 0 Å². The lowest BCUT2D eigenvalue weighted by atomic mass is 9.80. The SMILES string of the molecule is CC(C)C.CC1(N)CCC1. The molecule has 0 unspecified atom stereocenters. The summed E-state index contributed by atoms with van der Waals surface area (Å²) in [5.74, 6) is 0.833. The van der Waals surface area contributed by atoms with Crippen molar-refractivity contribution in [3.8, 4) is 0 Å². The maximum Gasteiger partial charge on any atom is 0.0125 e. The van der Waals surface area contributed by atoms with E-state index in [4.69, 9.17) is 5.73 Å². The van der Waals surface area contributed by atoms with Crippen molar-refractivity contribution in [3.05, 3.63) is 0 Å². The van der Waals surface area contributed by atoms with Crippen LogP contribution in [0.15, 0.2) is 0 Å². The monoisotopic (exact) mass is 143 g/mol. The van der Waals surface area contributed by atoms with Crippen molar-refractivity contribution < 1.29 is 0 Å². The molecule has 1 nitrogen and oxygen atoms in total. The van der Waals surface area contributed by atoms with Crippen molar-refractivity contribution in [2.24, 2.45) is 11.7 Å². The van der Waals surface area contributed by atoms with Gasteiger partial charge in [-0.15, -0.1) is 0 Å². The first-order valence-electron chi connectivity index (χ1n) is 4.23. The third kappa shape index (κ3) is 6.09. The van der Waals surface area contributed by atoms with Crippen LogP contribution in [0.3, 0.4) is 0 Å². The van der Waals surface area contributed by atoms with Crippen LogP contribution in [0.1, 0.15) is 47.0 Å². The molecular weight excluding hydrogens is 122 g/mol. The molecular formula is C9H21N. The van der Waals surface area contributed by atoms with Crippen LogP contribution in [-0.4, -0.2) is 5.54 Å². The molecule has 1 rings (SSSR count). The summed E-state index contributed by atoms with van der Waals surface area (Å²) in [6, 6.07) is 0. The van der Waals surface area contributed by atoms with Crippen molar-refractivity contribution in [2.45, 2.75) is 52.5 Å². The van der Waals surface area contributed by atoms with Gasteiger partial charge in [-0.1, -0.05) is 20.8 Å². The zero-order valence-corrected chi connectivity index (χ0v) is 7.78. The second kappa shape index (κ2) is 3.97. The predicted molar refractivity (Wildman–Crippen MR) is 47.0 cm³/mol. The van der Waals surface area contributed by atoms with E-state index in [2.05, 4.69) is 27.7 Å². The van der Waals surface area contributed by atoms with E-state index in [9.17, 15) is 0 Å². The van der Waals surface area contributed by atoms with Crippen molar-refractivity contribution in [1.82, 2.24) is 0 Å². The lowest BCUT2D eigenvalue weighted by Gasteiger charge is -2.33. The molecule has 10 heavy (non-hydrogen) atoms. The fourth-order valence-corrected chi connectivity index (χ4v) is 0.734. The van der Waals surface area contributed by atoms with E-state index in [0.29, 0.717) is 0 Å². The molecule has 0 bridgehead atoms.